The molecular weight excluding hydrogens is 320 g/mol. The van der Waals surface area contributed by atoms with E-state index >= 15 is 0 Å². The SMILES string of the molecule is CC(=O)Nc1cccc([C@H](C)NC(=O)[C@@H]2C[C@@H]2c2ccc(C)s2)c1. The topological polar surface area (TPSA) is 58.2 Å². The van der Waals surface area contributed by atoms with Gasteiger partial charge in [-0.05, 0) is 50.1 Å². The van der Waals surface area contributed by atoms with Gasteiger partial charge >= 0.3 is 0 Å². The third-order valence-electron chi connectivity index (χ3n) is 4.32. The maximum absolute atomic E-state index is 12.5. The second-order valence-electron chi connectivity index (χ2n) is 6.43. The van der Waals surface area contributed by atoms with E-state index in [4.69, 9.17) is 0 Å². The van der Waals surface area contributed by atoms with E-state index < -0.39 is 0 Å². The lowest BCUT2D eigenvalue weighted by Crippen LogP contribution is -2.28. The van der Waals surface area contributed by atoms with Crippen molar-refractivity contribution in [2.45, 2.75) is 39.2 Å². The molecule has 3 rings (SSSR count). The van der Waals surface area contributed by atoms with Crippen molar-refractivity contribution in [3.63, 3.8) is 0 Å². The van der Waals surface area contributed by atoms with Gasteiger partial charge in [-0.1, -0.05) is 12.1 Å². The van der Waals surface area contributed by atoms with Crippen LogP contribution in [0.1, 0.15) is 47.5 Å². The summed E-state index contributed by atoms with van der Waals surface area (Å²) in [6, 6.07) is 11.8. The molecule has 0 spiro atoms. The minimum atomic E-state index is -0.101. The molecular formula is C19H22N2O2S. The van der Waals surface area contributed by atoms with Gasteiger partial charge in [0.1, 0.15) is 0 Å². The van der Waals surface area contributed by atoms with Gasteiger partial charge in [0, 0.05) is 34.2 Å². The predicted octanol–water partition coefficient (Wildman–Crippen LogP) is 4.00. The molecule has 4 nitrogen and oxygen atoms in total. The van der Waals surface area contributed by atoms with Crippen LogP contribution in [0.3, 0.4) is 0 Å². The van der Waals surface area contributed by atoms with Crippen LogP contribution in [-0.4, -0.2) is 11.8 Å². The molecule has 1 fully saturated rings. The zero-order valence-corrected chi connectivity index (χ0v) is 14.9. The van der Waals surface area contributed by atoms with Crippen LogP contribution in [-0.2, 0) is 9.59 Å². The lowest BCUT2D eigenvalue weighted by atomic mass is 10.1. The lowest BCUT2D eigenvalue weighted by molar-refractivity contribution is -0.123. The van der Waals surface area contributed by atoms with Crippen LogP contribution in [0.4, 0.5) is 5.69 Å². The van der Waals surface area contributed by atoms with Crippen molar-refractivity contribution in [3.05, 3.63) is 51.7 Å². The Balaban J connectivity index is 1.60. The number of carbonyl (C=O) groups excluding carboxylic acids is 2. The highest BCUT2D eigenvalue weighted by Gasteiger charge is 2.44. The molecule has 1 aliphatic carbocycles. The summed E-state index contributed by atoms with van der Waals surface area (Å²) in [4.78, 5) is 26.2. The minimum Gasteiger partial charge on any atom is -0.349 e. The largest absolute Gasteiger partial charge is 0.349 e. The van der Waals surface area contributed by atoms with Crippen molar-refractivity contribution in [3.8, 4) is 0 Å². The highest BCUT2D eigenvalue weighted by molar-refractivity contribution is 7.12. The van der Waals surface area contributed by atoms with Crippen LogP contribution in [0.25, 0.3) is 0 Å². The molecule has 2 N–H and O–H groups in total. The van der Waals surface area contributed by atoms with Gasteiger partial charge in [0.15, 0.2) is 0 Å². The van der Waals surface area contributed by atoms with E-state index in [1.807, 2.05) is 31.2 Å². The Morgan fingerprint density at radius 1 is 1.25 bits per heavy atom. The van der Waals surface area contributed by atoms with Crippen LogP contribution in [0.5, 0.6) is 0 Å². The Kier molecular flexibility index (Phi) is 4.71. The summed E-state index contributed by atoms with van der Waals surface area (Å²) in [6.45, 7) is 5.55. The Bertz CT molecular complexity index is 768. The third-order valence-corrected chi connectivity index (χ3v) is 5.45. The van der Waals surface area contributed by atoms with Crippen molar-refractivity contribution >= 4 is 28.8 Å². The molecule has 0 aliphatic heterocycles. The second-order valence-corrected chi connectivity index (χ2v) is 7.75. The van der Waals surface area contributed by atoms with Gasteiger partial charge in [-0.2, -0.15) is 0 Å². The summed E-state index contributed by atoms with van der Waals surface area (Å²) < 4.78 is 0. The van der Waals surface area contributed by atoms with Gasteiger partial charge in [0.25, 0.3) is 0 Å². The summed E-state index contributed by atoms with van der Waals surface area (Å²) in [5.41, 5.74) is 1.73. The van der Waals surface area contributed by atoms with E-state index in [0.29, 0.717) is 5.92 Å². The van der Waals surface area contributed by atoms with Crippen LogP contribution in [0.15, 0.2) is 36.4 Å². The zero-order valence-electron chi connectivity index (χ0n) is 14.1. The maximum atomic E-state index is 12.5. The first-order valence-corrected chi connectivity index (χ1v) is 9.00. The number of benzene rings is 1. The number of amides is 2. The van der Waals surface area contributed by atoms with E-state index in [0.717, 1.165) is 17.7 Å². The Morgan fingerprint density at radius 3 is 2.71 bits per heavy atom. The minimum absolute atomic E-state index is 0.0856. The van der Waals surface area contributed by atoms with Gasteiger partial charge in [-0.15, -0.1) is 11.3 Å². The first-order valence-electron chi connectivity index (χ1n) is 8.18. The van der Waals surface area contributed by atoms with Crippen molar-refractivity contribution in [2.24, 2.45) is 5.92 Å². The standard InChI is InChI=1S/C19H22N2O2S/c1-11-7-8-18(24-11)16-10-17(16)19(23)20-12(2)14-5-4-6-15(9-14)21-13(3)22/h4-9,12,16-17H,10H2,1-3H3,(H,20,23)(H,21,22)/t12-,16-,17+/m0/s1. The van der Waals surface area contributed by atoms with Crippen molar-refractivity contribution in [2.75, 3.05) is 5.32 Å². The predicted molar refractivity (Wildman–Crippen MR) is 97.2 cm³/mol. The number of aryl methyl sites for hydroxylation is 1. The normalized spacial score (nSPS) is 20.3. The van der Waals surface area contributed by atoms with E-state index in [1.165, 1.54) is 16.7 Å². The van der Waals surface area contributed by atoms with E-state index in [2.05, 4.69) is 29.7 Å². The monoisotopic (exact) mass is 342 g/mol. The fraction of sp³-hybridized carbons (Fsp3) is 0.368. The number of nitrogens with one attached hydrogen (secondary N) is 2. The number of anilines is 1. The Labute approximate surface area is 146 Å². The maximum Gasteiger partial charge on any atom is 0.224 e. The first kappa shape index (κ1) is 16.7. The molecule has 1 aliphatic rings. The number of hydrogen-bond acceptors (Lipinski definition) is 3. The van der Waals surface area contributed by atoms with Crippen LogP contribution < -0.4 is 10.6 Å². The number of rotatable bonds is 5. The van der Waals surface area contributed by atoms with Gasteiger partial charge in [-0.25, -0.2) is 0 Å². The average Bonchev–Trinajstić information content (AvgIpc) is 3.22. The van der Waals surface area contributed by atoms with Gasteiger partial charge in [0.05, 0.1) is 6.04 Å². The number of carbonyl (C=O) groups is 2. The second kappa shape index (κ2) is 6.77. The highest BCUT2D eigenvalue weighted by Crippen LogP contribution is 2.49. The molecule has 126 valence electrons. The molecule has 5 heteroatoms. The van der Waals surface area contributed by atoms with Crippen molar-refractivity contribution in [1.82, 2.24) is 5.32 Å². The molecule has 0 saturated heterocycles. The van der Waals surface area contributed by atoms with Crippen molar-refractivity contribution < 1.29 is 9.59 Å². The molecule has 0 bridgehead atoms. The molecule has 1 aromatic carbocycles. The van der Waals surface area contributed by atoms with Gasteiger partial charge < -0.3 is 10.6 Å². The molecule has 24 heavy (non-hydrogen) atoms. The quantitative estimate of drug-likeness (QED) is 0.863. The van der Waals surface area contributed by atoms with Crippen LogP contribution in [0.2, 0.25) is 0 Å². The smallest absolute Gasteiger partial charge is 0.224 e. The summed E-state index contributed by atoms with van der Waals surface area (Å²) in [5.74, 6) is 0.477. The molecule has 2 amide bonds. The summed E-state index contributed by atoms with van der Waals surface area (Å²) >= 11 is 1.78. The fourth-order valence-electron chi connectivity index (χ4n) is 2.94. The number of hydrogen-bond donors (Lipinski definition) is 2. The summed E-state index contributed by atoms with van der Waals surface area (Å²) in [5, 5.41) is 5.87. The van der Waals surface area contributed by atoms with Crippen molar-refractivity contribution in [1.29, 1.82) is 0 Å². The zero-order chi connectivity index (χ0) is 17.3. The Morgan fingerprint density at radius 2 is 2.04 bits per heavy atom. The lowest BCUT2D eigenvalue weighted by Gasteiger charge is -2.15. The van der Waals surface area contributed by atoms with E-state index in [9.17, 15) is 9.59 Å². The first-order chi connectivity index (χ1) is 11.4. The van der Waals surface area contributed by atoms with Crippen LogP contribution >= 0.6 is 11.3 Å². The molecule has 1 aromatic heterocycles. The molecule has 0 radical (unpaired) electrons. The summed E-state index contributed by atoms with van der Waals surface area (Å²) in [7, 11) is 0. The number of thiophene rings is 1. The molecule has 1 saturated carbocycles. The van der Waals surface area contributed by atoms with E-state index in [1.54, 1.807) is 11.3 Å². The van der Waals surface area contributed by atoms with E-state index in [-0.39, 0.29) is 23.8 Å². The Hall–Kier alpha value is -2.14. The molecule has 1 heterocycles. The molecule has 2 aromatic rings. The molecule has 0 unspecified atom stereocenters. The average molecular weight is 342 g/mol. The van der Waals surface area contributed by atoms with Crippen LogP contribution in [0, 0.1) is 12.8 Å². The fourth-order valence-corrected chi connectivity index (χ4v) is 4.00. The van der Waals surface area contributed by atoms with Gasteiger partial charge in [0.2, 0.25) is 11.8 Å². The van der Waals surface area contributed by atoms with Gasteiger partial charge in [-0.3, -0.25) is 9.59 Å². The highest BCUT2D eigenvalue weighted by atomic mass is 32.1. The summed E-state index contributed by atoms with van der Waals surface area (Å²) in [6.07, 6.45) is 0.935. The molecule has 3 atom stereocenters. The third kappa shape index (κ3) is 3.85.